The molecule has 33 heavy (non-hydrogen) atoms. The van der Waals surface area contributed by atoms with Crippen LogP contribution in [-0.4, -0.2) is 41.9 Å². The predicted molar refractivity (Wildman–Crippen MR) is 138 cm³/mol. The van der Waals surface area contributed by atoms with Crippen molar-refractivity contribution in [3.05, 3.63) is 96.9 Å². The van der Waals surface area contributed by atoms with Crippen molar-refractivity contribution in [1.82, 2.24) is 9.80 Å². The van der Waals surface area contributed by atoms with Crippen LogP contribution in [0.25, 0.3) is 0 Å². The predicted octanol–water partition coefficient (Wildman–Crippen LogP) is 6.95. The number of ether oxygens (including phenoxy) is 1. The molecule has 3 aromatic rings. The Morgan fingerprint density at radius 3 is 2.18 bits per heavy atom. The molecule has 4 rings (SSSR count). The maximum absolute atomic E-state index is 13.0. The van der Waals surface area contributed by atoms with E-state index in [1.165, 1.54) is 0 Å². The molecule has 172 valence electrons. The highest BCUT2D eigenvalue weighted by atomic mass is 79.9. The third kappa shape index (κ3) is 6.23. The third-order valence-corrected chi connectivity index (χ3v) is 7.09. The van der Waals surface area contributed by atoms with Crippen LogP contribution in [0.4, 0.5) is 0 Å². The number of piperazine rings is 1. The molecular weight excluding hydrogens is 547 g/mol. The van der Waals surface area contributed by atoms with E-state index in [-0.39, 0.29) is 5.91 Å². The van der Waals surface area contributed by atoms with Crippen molar-refractivity contribution >= 4 is 56.6 Å². The summed E-state index contributed by atoms with van der Waals surface area (Å²) >= 11 is 22.2. The largest absolute Gasteiger partial charge is 0.487 e. The van der Waals surface area contributed by atoms with E-state index < -0.39 is 0 Å². The maximum atomic E-state index is 13.0. The monoisotopic (exact) mass is 566 g/mol. The van der Waals surface area contributed by atoms with Gasteiger partial charge in [-0.05, 0) is 48.0 Å². The summed E-state index contributed by atoms with van der Waals surface area (Å²) in [7, 11) is 0. The summed E-state index contributed by atoms with van der Waals surface area (Å²) in [5.41, 5.74) is 2.57. The fourth-order valence-corrected chi connectivity index (χ4v) is 4.94. The molecule has 0 radical (unpaired) electrons. The van der Waals surface area contributed by atoms with Crippen molar-refractivity contribution in [3.8, 4) is 5.75 Å². The number of halogens is 4. The fourth-order valence-electron chi connectivity index (χ4n) is 3.70. The van der Waals surface area contributed by atoms with Crippen molar-refractivity contribution in [3.63, 3.8) is 0 Å². The van der Waals surface area contributed by atoms with Crippen molar-refractivity contribution in [2.24, 2.45) is 0 Å². The first-order valence-electron chi connectivity index (χ1n) is 10.5. The number of carbonyl (C=O) groups excluding carboxylic acids is 1. The highest BCUT2D eigenvalue weighted by Crippen LogP contribution is 2.29. The number of amides is 1. The van der Waals surface area contributed by atoms with Crippen LogP contribution in [0.3, 0.4) is 0 Å². The summed E-state index contributed by atoms with van der Waals surface area (Å²) in [6.45, 7) is 3.92. The fraction of sp³-hybridized carbons (Fsp3) is 0.240. The molecule has 0 saturated carbocycles. The Kier molecular flexibility index (Phi) is 8.20. The summed E-state index contributed by atoms with van der Waals surface area (Å²) in [6, 6.07) is 18.6. The maximum Gasteiger partial charge on any atom is 0.253 e. The zero-order valence-corrected chi connectivity index (χ0v) is 21.6. The van der Waals surface area contributed by atoms with Gasteiger partial charge in [0.05, 0.1) is 5.02 Å². The zero-order valence-electron chi connectivity index (χ0n) is 17.7. The van der Waals surface area contributed by atoms with Gasteiger partial charge in [0, 0.05) is 58.4 Å². The second-order valence-electron chi connectivity index (χ2n) is 7.83. The first kappa shape index (κ1) is 24.4. The van der Waals surface area contributed by atoms with E-state index in [1.54, 1.807) is 6.07 Å². The van der Waals surface area contributed by atoms with Crippen molar-refractivity contribution in [2.75, 3.05) is 26.2 Å². The average Bonchev–Trinajstić information content (AvgIpc) is 2.81. The molecule has 1 amide bonds. The van der Waals surface area contributed by atoms with E-state index in [2.05, 4.69) is 20.8 Å². The Morgan fingerprint density at radius 1 is 0.879 bits per heavy atom. The quantitative estimate of drug-likeness (QED) is 0.323. The second kappa shape index (κ2) is 11.1. The van der Waals surface area contributed by atoms with Crippen LogP contribution < -0.4 is 4.74 Å². The number of nitrogens with zero attached hydrogens (tertiary/aromatic N) is 2. The van der Waals surface area contributed by atoms with E-state index >= 15 is 0 Å². The smallest absolute Gasteiger partial charge is 0.253 e. The topological polar surface area (TPSA) is 32.8 Å². The zero-order chi connectivity index (χ0) is 23.4. The summed E-state index contributed by atoms with van der Waals surface area (Å²) in [5, 5.41) is 1.90. The van der Waals surface area contributed by atoms with Gasteiger partial charge in [-0.15, -0.1) is 0 Å². The molecular formula is C25H22BrCl3N2O2. The van der Waals surface area contributed by atoms with Gasteiger partial charge in [-0.1, -0.05) is 68.9 Å². The summed E-state index contributed by atoms with van der Waals surface area (Å²) in [5.74, 6) is 0.657. The lowest BCUT2D eigenvalue weighted by molar-refractivity contribution is 0.0628. The molecule has 0 unspecified atom stereocenters. The molecule has 0 spiro atoms. The van der Waals surface area contributed by atoms with Crippen molar-refractivity contribution in [1.29, 1.82) is 0 Å². The van der Waals surface area contributed by atoms with E-state index in [0.717, 1.165) is 28.7 Å². The van der Waals surface area contributed by atoms with E-state index in [9.17, 15) is 4.79 Å². The molecule has 0 aromatic heterocycles. The highest BCUT2D eigenvalue weighted by Gasteiger charge is 2.23. The molecule has 0 aliphatic carbocycles. The highest BCUT2D eigenvalue weighted by molar-refractivity contribution is 9.10. The lowest BCUT2D eigenvalue weighted by Gasteiger charge is -2.35. The SMILES string of the molecule is O=C(c1ccc(COc2ccc(Br)cc2Cl)cc1)N1CCN(Cc2c(Cl)cccc2Cl)CC1. The van der Waals surface area contributed by atoms with Gasteiger partial charge in [0.1, 0.15) is 12.4 Å². The molecule has 1 saturated heterocycles. The molecule has 1 heterocycles. The second-order valence-corrected chi connectivity index (χ2v) is 9.97. The first-order valence-corrected chi connectivity index (χ1v) is 12.4. The van der Waals surface area contributed by atoms with Gasteiger partial charge in [-0.25, -0.2) is 0 Å². The van der Waals surface area contributed by atoms with Crippen LogP contribution >= 0.6 is 50.7 Å². The number of hydrogen-bond acceptors (Lipinski definition) is 3. The van der Waals surface area contributed by atoms with Gasteiger partial charge in [0.2, 0.25) is 0 Å². The van der Waals surface area contributed by atoms with Gasteiger partial charge in [-0.3, -0.25) is 9.69 Å². The minimum Gasteiger partial charge on any atom is -0.487 e. The van der Waals surface area contributed by atoms with Crippen LogP contribution in [0.1, 0.15) is 21.5 Å². The lowest BCUT2D eigenvalue weighted by atomic mass is 10.1. The number of rotatable bonds is 6. The first-order chi connectivity index (χ1) is 15.9. The van der Waals surface area contributed by atoms with E-state index in [0.29, 0.717) is 52.6 Å². The van der Waals surface area contributed by atoms with Crippen LogP contribution in [0.2, 0.25) is 15.1 Å². The molecule has 4 nitrogen and oxygen atoms in total. The van der Waals surface area contributed by atoms with Crippen molar-refractivity contribution < 1.29 is 9.53 Å². The van der Waals surface area contributed by atoms with Gasteiger partial charge in [-0.2, -0.15) is 0 Å². The Hall–Kier alpha value is -1.76. The molecule has 8 heteroatoms. The minimum absolute atomic E-state index is 0.0360. The molecule has 1 aliphatic rings. The molecule has 0 N–H and O–H groups in total. The van der Waals surface area contributed by atoms with Gasteiger partial charge in [0.25, 0.3) is 5.91 Å². The van der Waals surface area contributed by atoms with Gasteiger partial charge < -0.3 is 9.64 Å². The van der Waals surface area contributed by atoms with Crippen LogP contribution in [0.15, 0.2) is 65.1 Å². The van der Waals surface area contributed by atoms with Gasteiger partial charge >= 0.3 is 0 Å². The minimum atomic E-state index is 0.0360. The lowest BCUT2D eigenvalue weighted by Crippen LogP contribution is -2.48. The summed E-state index contributed by atoms with van der Waals surface area (Å²) in [4.78, 5) is 17.1. The molecule has 1 aliphatic heterocycles. The molecule has 0 atom stereocenters. The Morgan fingerprint density at radius 2 is 1.55 bits per heavy atom. The average molecular weight is 569 g/mol. The van der Waals surface area contributed by atoms with Crippen LogP contribution in [0.5, 0.6) is 5.75 Å². The third-order valence-electron chi connectivity index (χ3n) is 5.59. The summed E-state index contributed by atoms with van der Waals surface area (Å²) < 4.78 is 6.70. The van der Waals surface area contributed by atoms with Crippen LogP contribution in [-0.2, 0) is 13.2 Å². The molecule has 1 fully saturated rings. The Balaban J connectivity index is 1.30. The number of carbonyl (C=O) groups is 1. The van der Waals surface area contributed by atoms with Gasteiger partial charge in [0.15, 0.2) is 0 Å². The molecule has 3 aromatic carbocycles. The van der Waals surface area contributed by atoms with E-state index in [4.69, 9.17) is 39.5 Å². The van der Waals surface area contributed by atoms with E-state index in [1.807, 2.05) is 59.5 Å². The normalized spacial score (nSPS) is 14.4. The number of benzene rings is 3. The Labute approximate surface area is 217 Å². The molecule has 0 bridgehead atoms. The standard InChI is InChI=1S/C25H22BrCl3N2O2/c26-19-8-9-24(23(29)14-19)33-16-17-4-6-18(7-5-17)25(32)31-12-10-30(11-13-31)15-20-21(27)2-1-3-22(20)28/h1-9,14H,10-13,15-16H2. The number of hydrogen-bond donors (Lipinski definition) is 0. The van der Waals surface area contributed by atoms with Crippen molar-refractivity contribution in [2.45, 2.75) is 13.2 Å². The van der Waals surface area contributed by atoms with Crippen LogP contribution in [0, 0.1) is 0 Å². The Bertz CT molecular complexity index is 1110. The summed E-state index contributed by atoms with van der Waals surface area (Å²) in [6.07, 6.45) is 0.